The first-order chi connectivity index (χ1) is 9.52. The number of hydrogen-bond donors (Lipinski definition) is 1. The summed E-state index contributed by atoms with van der Waals surface area (Å²) in [5, 5.41) is 9.77. The Bertz CT molecular complexity index is 532. The highest BCUT2D eigenvalue weighted by atomic mass is 16.5. The number of ether oxygens (including phenoxy) is 1. The first-order valence-electron chi connectivity index (χ1n) is 6.24. The Morgan fingerprint density at radius 2 is 2.30 bits per heavy atom. The number of rotatable bonds is 4. The van der Waals surface area contributed by atoms with Crippen molar-refractivity contribution in [3.05, 3.63) is 23.5 Å². The van der Waals surface area contributed by atoms with Crippen LogP contribution in [0.1, 0.15) is 16.1 Å². The van der Waals surface area contributed by atoms with E-state index in [1.54, 1.807) is 14.0 Å². The maximum Gasteiger partial charge on any atom is 0.278 e. The second-order valence-electron chi connectivity index (χ2n) is 4.67. The van der Waals surface area contributed by atoms with E-state index in [9.17, 15) is 14.7 Å². The molecule has 1 aliphatic rings. The van der Waals surface area contributed by atoms with E-state index >= 15 is 0 Å². The molecule has 1 saturated heterocycles. The van der Waals surface area contributed by atoms with Crippen LogP contribution in [0.15, 0.2) is 12.3 Å². The number of hydrogen-bond acceptors (Lipinski definition) is 5. The summed E-state index contributed by atoms with van der Waals surface area (Å²) in [5.41, 5.74) is 0.732. The maximum atomic E-state index is 12.2. The van der Waals surface area contributed by atoms with Crippen molar-refractivity contribution in [1.82, 2.24) is 14.8 Å². The van der Waals surface area contributed by atoms with Gasteiger partial charge in [-0.3, -0.25) is 9.59 Å². The Hall–Kier alpha value is -2.15. The summed E-state index contributed by atoms with van der Waals surface area (Å²) in [6.45, 7) is 2.81. The summed E-state index contributed by atoms with van der Waals surface area (Å²) in [5.74, 6) is -0.754. The van der Waals surface area contributed by atoms with E-state index in [1.165, 1.54) is 22.1 Å². The molecule has 1 N–H and O–H groups in total. The monoisotopic (exact) mass is 279 g/mol. The Kier molecular flexibility index (Phi) is 4.19. The lowest BCUT2D eigenvalue weighted by atomic mass is 10.2. The number of aromatic hydroxyl groups is 1. The molecule has 2 heterocycles. The molecule has 1 fully saturated rings. The fraction of sp³-hybridized carbons (Fsp3) is 0.462. The number of amides is 2. The standard InChI is InChI=1S/C13H17N3O4/c1-9-5-10(17)12(14-6-9)13(19)16-7-11(18)15(8-16)3-4-20-2/h5-6,17H,3-4,7-8H2,1-2H3. The number of carbonyl (C=O) groups is 2. The lowest BCUT2D eigenvalue weighted by Gasteiger charge is -2.17. The Morgan fingerprint density at radius 1 is 1.55 bits per heavy atom. The molecule has 1 aromatic heterocycles. The Labute approximate surface area is 116 Å². The van der Waals surface area contributed by atoms with Gasteiger partial charge in [-0.2, -0.15) is 0 Å². The second kappa shape index (κ2) is 5.87. The summed E-state index contributed by atoms with van der Waals surface area (Å²) in [7, 11) is 1.55. The molecule has 0 bridgehead atoms. The van der Waals surface area contributed by atoms with E-state index in [4.69, 9.17) is 4.74 Å². The predicted octanol–water partition coefficient (Wildman–Crippen LogP) is -0.0161. The number of aryl methyl sites for hydroxylation is 1. The maximum absolute atomic E-state index is 12.2. The minimum Gasteiger partial charge on any atom is -0.505 e. The molecular formula is C13H17N3O4. The summed E-state index contributed by atoms with van der Waals surface area (Å²) in [4.78, 5) is 30.8. The normalized spacial score (nSPS) is 15.0. The van der Waals surface area contributed by atoms with Gasteiger partial charge in [-0.05, 0) is 18.6 Å². The van der Waals surface area contributed by atoms with Gasteiger partial charge in [0.25, 0.3) is 5.91 Å². The third kappa shape index (κ3) is 2.88. The van der Waals surface area contributed by atoms with Gasteiger partial charge in [0, 0.05) is 19.9 Å². The van der Waals surface area contributed by atoms with Gasteiger partial charge in [0.2, 0.25) is 5.91 Å². The van der Waals surface area contributed by atoms with Crippen molar-refractivity contribution < 1.29 is 19.4 Å². The minimum absolute atomic E-state index is 0.00244. The summed E-state index contributed by atoms with van der Waals surface area (Å²) >= 11 is 0. The molecule has 0 saturated carbocycles. The fourth-order valence-electron chi connectivity index (χ4n) is 2.00. The van der Waals surface area contributed by atoms with Gasteiger partial charge in [-0.1, -0.05) is 0 Å². The average molecular weight is 279 g/mol. The molecule has 0 aromatic carbocycles. The molecule has 0 radical (unpaired) electrons. The third-order valence-corrected chi connectivity index (χ3v) is 3.08. The average Bonchev–Trinajstić information content (AvgIpc) is 2.77. The molecule has 0 unspecified atom stereocenters. The smallest absolute Gasteiger partial charge is 0.278 e. The van der Waals surface area contributed by atoms with Gasteiger partial charge in [0.1, 0.15) is 12.3 Å². The van der Waals surface area contributed by atoms with Gasteiger partial charge >= 0.3 is 0 Å². The van der Waals surface area contributed by atoms with Crippen molar-refractivity contribution in [2.75, 3.05) is 33.5 Å². The van der Waals surface area contributed by atoms with Crippen LogP contribution >= 0.6 is 0 Å². The van der Waals surface area contributed by atoms with E-state index in [1.807, 2.05) is 0 Å². The number of pyridine rings is 1. The van der Waals surface area contributed by atoms with Crippen molar-refractivity contribution in [2.45, 2.75) is 6.92 Å². The Morgan fingerprint density at radius 3 is 2.95 bits per heavy atom. The molecule has 0 spiro atoms. The zero-order valence-corrected chi connectivity index (χ0v) is 11.5. The van der Waals surface area contributed by atoms with Crippen molar-refractivity contribution in [3.8, 4) is 5.75 Å². The first kappa shape index (κ1) is 14.3. The summed E-state index contributed by atoms with van der Waals surface area (Å²) in [6, 6.07) is 1.47. The van der Waals surface area contributed by atoms with Crippen molar-refractivity contribution in [3.63, 3.8) is 0 Å². The van der Waals surface area contributed by atoms with Crippen LogP contribution < -0.4 is 0 Å². The number of methoxy groups -OCH3 is 1. The van der Waals surface area contributed by atoms with Crippen LogP contribution in [0.5, 0.6) is 5.75 Å². The highest BCUT2D eigenvalue weighted by Crippen LogP contribution is 2.19. The molecule has 2 amide bonds. The van der Waals surface area contributed by atoms with Crippen LogP contribution in [-0.2, 0) is 9.53 Å². The van der Waals surface area contributed by atoms with Crippen molar-refractivity contribution in [2.24, 2.45) is 0 Å². The van der Waals surface area contributed by atoms with Gasteiger partial charge in [0.05, 0.1) is 13.3 Å². The van der Waals surface area contributed by atoms with Crippen LogP contribution in [0.4, 0.5) is 0 Å². The van der Waals surface area contributed by atoms with E-state index in [2.05, 4.69) is 4.98 Å². The largest absolute Gasteiger partial charge is 0.505 e. The van der Waals surface area contributed by atoms with E-state index in [-0.39, 0.29) is 30.6 Å². The first-order valence-corrected chi connectivity index (χ1v) is 6.24. The van der Waals surface area contributed by atoms with Crippen LogP contribution in [0.3, 0.4) is 0 Å². The molecule has 0 atom stereocenters. The van der Waals surface area contributed by atoms with Gasteiger partial charge in [-0.15, -0.1) is 0 Å². The highest BCUT2D eigenvalue weighted by Gasteiger charge is 2.32. The number of carbonyl (C=O) groups excluding carboxylic acids is 2. The van der Waals surface area contributed by atoms with E-state index in [0.29, 0.717) is 13.2 Å². The lowest BCUT2D eigenvalue weighted by molar-refractivity contribution is -0.127. The zero-order chi connectivity index (χ0) is 14.7. The van der Waals surface area contributed by atoms with Crippen molar-refractivity contribution >= 4 is 11.8 Å². The van der Waals surface area contributed by atoms with Gasteiger partial charge < -0.3 is 19.6 Å². The SMILES string of the molecule is COCCN1CN(C(=O)c2ncc(C)cc2O)CC1=O. The molecular weight excluding hydrogens is 262 g/mol. The topological polar surface area (TPSA) is 83.0 Å². The van der Waals surface area contributed by atoms with Crippen LogP contribution in [-0.4, -0.2) is 65.2 Å². The quantitative estimate of drug-likeness (QED) is 0.837. The van der Waals surface area contributed by atoms with E-state index < -0.39 is 5.91 Å². The third-order valence-electron chi connectivity index (χ3n) is 3.08. The van der Waals surface area contributed by atoms with Crippen LogP contribution in [0.25, 0.3) is 0 Å². The summed E-state index contributed by atoms with van der Waals surface area (Å²) < 4.78 is 4.92. The molecule has 7 heteroatoms. The molecule has 1 aliphatic heterocycles. The minimum atomic E-state index is -0.448. The molecule has 0 aliphatic carbocycles. The molecule has 2 rings (SSSR count). The molecule has 20 heavy (non-hydrogen) atoms. The van der Waals surface area contributed by atoms with Gasteiger partial charge in [-0.25, -0.2) is 4.98 Å². The van der Waals surface area contributed by atoms with Crippen molar-refractivity contribution in [1.29, 1.82) is 0 Å². The molecule has 1 aromatic rings. The zero-order valence-electron chi connectivity index (χ0n) is 11.5. The highest BCUT2D eigenvalue weighted by molar-refractivity contribution is 5.98. The predicted molar refractivity (Wildman–Crippen MR) is 70.1 cm³/mol. The fourth-order valence-corrected chi connectivity index (χ4v) is 2.00. The molecule has 7 nitrogen and oxygen atoms in total. The lowest BCUT2D eigenvalue weighted by Crippen LogP contribution is -2.33. The molecule has 108 valence electrons. The van der Waals surface area contributed by atoms with Crippen LogP contribution in [0.2, 0.25) is 0 Å². The Balaban J connectivity index is 2.09. The number of aromatic nitrogens is 1. The van der Waals surface area contributed by atoms with Crippen LogP contribution in [0, 0.1) is 6.92 Å². The van der Waals surface area contributed by atoms with E-state index in [0.717, 1.165) is 5.56 Å². The van der Waals surface area contributed by atoms with Gasteiger partial charge in [0.15, 0.2) is 5.69 Å². The summed E-state index contributed by atoms with van der Waals surface area (Å²) in [6.07, 6.45) is 1.51. The number of nitrogens with zero attached hydrogens (tertiary/aromatic N) is 3. The second-order valence-corrected chi connectivity index (χ2v) is 4.67.